The molecule has 0 aliphatic carbocycles. The minimum absolute atomic E-state index is 1.10. The van der Waals surface area contributed by atoms with Crippen molar-refractivity contribution >= 4 is 21.6 Å². The topological polar surface area (TPSA) is 16.1 Å². The molecule has 74 valence electrons. The summed E-state index contributed by atoms with van der Waals surface area (Å²) in [5.41, 5.74) is 1.42. The third-order valence-corrected chi connectivity index (χ3v) is 3.21. The normalized spacial score (nSPS) is 11.4. The third-order valence-electron chi connectivity index (χ3n) is 2.26. The predicted molar refractivity (Wildman–Crippen MR) is 61.9 cm³/mol. The largest absolute Gasteiger partial charge is 0.309 e. The van der Waals surface area contributed by atoms with Gasteiger partial charge in [-0.15, -0.1) is 11.3 Å². The van der Waals surface area contributed by atoms with Crippen LogP contribution in [0.2, 0.25) is 0 Å². The van der Waals surface area contributed by atoms with Crippen LogP contribution >= 0.6 is 11.3 Å². The lowest BCUT2D eigenvalue weighted by Gasteiger charge is -2.07. The number of nitrogens with zero attached hydrogens (tertiary/aromatic N) is 2. The van der Waals surface area contributed by atoms with Crippen LogP contribution in [0.5, 0.6) is 0 Å². The number of fused-ring (bicyclic) bond motifs is 1. The summed E-state index contributed by atoms with van der Waals surface area (Å²) in [6.07, 6.45) is 2.97. The summed E-state index contributed by atoms with van der Waals surface area (Å²) in [5.74, 6) is 0. The van der Waals surface area contributed by atoms with Crippen LogP contribution in [0.25, 0.3) is 10.2 Å². The second kappa shape index (κ2) is 4.07. The van der Waals surface area contributed by atoms with Crippen LogP contribution in [-0.4, -0.2) is 30.5 Å². The van der Waals surface area contributed by atoms with E-state index in [2.05, 4.69) is 35.4 Å². The first-order chi connectivity index (χ1) is 6.77. The molecule has 0 radical (unpaired) electrons. The van der Waals surface area contributed by atoms with E-state index in [1.54, 1.807) is 11.3 Å². The monoisotopic (exact) mass is 206 g/mol. The zero-order valence-corrected chi connectivity index (χ0v) is 9.34. The van der Waals surface area contributed by atoms with E-state index in [4.69, 9.17) is 0 Å². The number of aromatic nitrogens is 1. The van der Waals surface area contributed by atoms with E-state index < -0.39 is 0 Å². The lowest BCUT2D eigenvalue weighted by Crippen LogP contribution is -2.14. The Morgan fingerprint density at radius 1 is 1.43 bits per heavy atom. The number of hydrogen-bond acceptors (Lipinski definition) is 3. The van der Waals surface area contributed by atoms with E-state index in [1.165, 1.54) is 10.9 Å². The lowest BCUT2D eigenvalue weighted by atomic mass is 10.1. The van der Waals surface area contributed by atoms with E-state index in [1.807, 2.05) is 12.3 Å². The first kappa shape index (κ1) is 9.62. The van der Waals surface area contributed by atoms with Crippen molar-refractivity contribution < 1.29 is 0 Å². The van der Waals surface area contributed by atoms with E-state index in [-0.39, 0.29) is 0 Å². The second-order valence-corrected chi connectivity index (χ2v) is 4.53. The minimum Gasteiger partial charge on any atom is -0.309 e. The van der Waals surface area contributed by atoms with Gasteiger partial charge in [0.15, 0.2) is 0 Å². The van der Waals surface area contributed by atoms with Crippen LogP contribution in [0.4, 0.5) is 0 Å². The maximum Gasteiger partial charge on any atom is 0.123 e. The Labute approximate surface area is 88.2 Å². The summed E-state index contributed by atoms with van der Waals surface area (Å²) >= 11 is 1.74. The Balaban J connectivity index is 2.25. The Kier molecular flexibility index (Phi) is 2.79. The molecule has 14 heavy (non-hydrogen) atoms. The van der Waals surface area contributed by atoms with Crippen molar-refractivity contribution in [3.05, 3.63) is 29.3 Å². The number of pyridine rings is 1. The van der Waals surface area contributed by atoms with Gasteiger partial charge in [-0.3, -0.25) is 0 Å². The van der Waals surface area contributed by atoms with Crippen molar-refractivity contribution in [2.75, 3.05) is 20.6 Å². The summed E-state index contributed by atoms with van der Waals surface area (Å²) in [7, 11) is 4.21. The number of likely N-dealkylation sites (N-methyl/N-ethyl adjacent to an activating group) is 1. The summed E-state index contributed by atoms with van der Waals surface area (Å²) in [6, 6.07) is 4.16. The molecule has 0 aromatic carbocycles. The van der Waals surface area contributed by atoms with Crippen LogP contribution in [0.15, 0.2) is 23.7 Å². The van der Waals surface area contributed by atoms with Gasteiger partial charge in [0.25, 0.3) is 0 Å². The van der Waals surface area contributed by atoms with Crippen molar-refractivity contribution in [2.24, 2.45) is 0 Å². The van der Waals surface area contributed by atoms with Crippen LogP contribution in [0, 0.1) is 0 Å². The smallest absolute Gasteiger partial charge is 0.123 e. The number of hydrogen-bond donors (Lipinski definition) is 0. The molecule has 0 unspecified atom stereocenters. The molecular weight excluding hydrogens is 192 g/mol. The fraction of sp³-hybridized carbons (Fsp3) is 0.364. The van der Waals surface area contributed by atoms with Gasteiger partial charge in [0.2, 0.25) is 0 Å². The van der Waals surface area contributed by atoms with E-state index in [0.29, 0.717) is 0 Å². The van der Waals surface area contributed by atoms with Crippen LogP contribution in [-0.2, 0) is 6.42 Å². The molecule has 0 aliphatic heterocycles. The molecule has 0 bridgehead atoms. The highest BCUT2D eigenvalue weighted by atomic mass is 32.1. The Morgan fingerprint density at radius 3 is 3.07 bits per heavy atom. The van der Waals surface area contributed by atoms with Gasteiger partial charge in [0.05, 0.1) is 0 Å². The van der Waals surface area contributed by atoms with Gasteiger partial charge in [-0.25, -0.2) is 4.98 Å². The highest BCUT2D eigenvalue weighted by Gasteiger charge is 2.03. The molecule has 0 N–H and O–H groups in total. The van der Waals surface area contributed by atoms with Gasteiger partial charge >= 0.3 is 0 Å². The van der Waals surface area contributed by atoms with Gasteiger partial charge in [0, 0.05) is 18.1 Å². The molecule has 0 amide bonds. The van der Waals surface area contributed by atoms with Crippen LogP contribution < -0.4 is 0 Å². The SMILES string of the molecule is CN(C)CCc1csc2ncccc12. The molecule has 2 rings (SSSR count). The van der Waals surface area contributed by atoms with Crippen LogP contribution in [0.3, 0.4) is 0 Å². The van der Waals surface area contributed by atoms with Crippen molar-refractivity contribution in [3.63, 3.8) is 0 Å². The summed E-state index contributed by atoms with van der Waals surface area (Å²) in [6.45, 7) is 1.10. The molecule has 0 spiro atoms. The molecule has 0 aliphatic rings. The fourth-order valence-electron chi connectivity index (χ4n) is 1.46. The quantitative estimate of drug-likeness (QED) is 0.766. The first-order valence-corrected chi connectivity index (χ1v) is 5.61. The standard InChI is InChI=1S/C11H14N2S/c1-13(2)7-5-9-8-14-11-10(9)4-3-6-12-11/h3-4,6,8H,5,7H2,1-2H3. The summed E-state index contributed by atoms with van der Waals surface area (Å²) < 4.78 is 0. The molecular formula is C11H14N2S. The molecule has 0 fully saturated rings. The molecule has 2 heterocycles. The van der Waals surface area contributed by atoms with Crippen molar-refractivity contribution in [2.45, 2.75) is 6.42 Å². The minimum atomic E-state index is 1.10. The maximum absolute atomic E-state index is 4.33. The highest BCUT2D eigenvalue weighted by Crippen LogP contribution is 2.23. The summed E-state index contributed by atoms with van der Waals surface area (Å²) in [5, 5.41) is 3.54. The van der Waals surface area contributed by atoms with E-state index in [0.717, 1.165) is 17.8 Å². The van der Waals surface area contributed by atoms with Gasteiger partial charge in [-0.1, -0.05) is 6.07 Å². The Bertz CT molecular complexity index is 420. The molecule has 2 nitrogen and oxygen atoms in total. The van der Waals surface area contributed by atoms with Gasteiger partial charge in [0.1, 0.15) is 4.83 Å². The molecule has 3 heteroatoms. The van der Waals surface area contributed by atoms with Crippen molar-refractivity contribution in [3.8, 4) is 0 Å². The van der Waals surface area contributed by atoms with Crippen LogP contribution in [0.1, 0.15) is 5.56 Å². The maximum atomic E-state index is 4.33. The average molecular weight is 206 g/mol. The molecule has 0 atom stereocenters. The van der Waals surface area contributed by atoms with Crippen molar-refractivity contribution in [1.29, 1.82) is 0 Å². The fourth-order valence-corrected chi connectivity index (χ4v) is 2.40. The van der Waals surface area contributed by atoms with Gasteiger partial charge in [-0.2, -0.15) is 0 Å². The zero-order chi connectivity index (χ0) is 9.97. The highest BCUT2D eigenvalue weighted by molar-refractivity contribution is 7.16. The predicted octanol–water partition coefficient (Wildman–Crippen LogP) is 2.40. The molecule has 2 aromatic heterocycles. The average Bonchev–Trinajstić information content (AvgIpc) is 2.58. The zero-order valence-electron chi connectivity index (χ0n) is 8.53. The third kappa shape index (κ3) is 1.94. The molecule has 0 saturated heterocycles. The first-order valence-electron chi connectivity index (χ1n) is 4.73. The Morgan fingerprint density at radius 2 is 2.29 bits per heavy atom. The van der Waals surface area contributed by atoms with Gasteiger partial charge < -0.3 is 4.90 Å². The molecule has 0 saturated carbocycles. The second-order valence-electron chi connectivity index (χ2n) is 3.67. The van der Waals surface area contributed by atoms with E-state index in [9.17, 15) is 0 Å². The summed E-state index contributed by atoms with van der Waals surface area (Å²) in [4.78, 5) is 7.70. The Hall–Kier alpha value is -0.930. The van der Waals surface area contributed by atoms with E-state index >= 15 is 0 Å². The number of thiophene rings is 1. The van der Waals surface area contributed by atoms with Crippen molar-refractivity contribution in [1.82, 2.24) is 9.88 Å². The lowest BCUT2D eigenvalue weighted by molar-refractivity contribution is 0.414. The molecule has 2 aromatic rings. The number of rotatable bonds is 3. The van der Waals surface area contributed by atoms with Gasteiger partial charge in [-0.05, 0) is 37.5 Å².